The van der Waals surface area contributed by atoms with E-state index in [1.165, 1.54) is 5.56 Å². The van der Waals surface area contributed by atoms with Crippen LogP contribution in [0.4, 0.5) is 0 Å². The fourth-order valence-corrected chi connectivity index (χ4v) is 4.59. The van der Waals surface area contributed by atoms with Crippen molar-refractivity contribution in [2.45, 2.75) is 51.9 Å². The van der Waals surface area contributed by atoms with Crippen LogP contribution in [0.1, 0.15) is 61.8 Å². The Morgan fingerprint density at radius 3 is 2.71 bits per heavy atom. The number of likely N-dealkylation sites (tertiary alicyclic amines) is 1. The van der Waals surface area contributed by atoms with E-state index in [0.717, 1.165) is 60.6 Å². The quantitative estimate of drug-likeness (QED) is 0.658. The maximum Gasteiger partial charge on any atom is 0.223 e. The number of carbonyl (C=O) groups excluding carboxylic acids is 1. The van der Waals surface area contributed by atoms with Crippen molar-refractivity contribution in [1.29, 1.82) is 0 Å². The van der Waals surface area contributed by atoms with Crippen molar-refractivity contribution in [3.8, 4) is 11.3 Å². The van der Waals surface area contributed by atoms with Crippen LogP contribution in [0.25, 0.3) is 16.9 Å². The van der Waals surface area contributed by atoms with Gasteiger partial charge < -0.3 is 9.80 Å². The highest BCUT2D eigenvalue weighted by molar-refractivity contribution is 5.76. The van der Waals surface area contributed by atoms with Crippen LogP contribution in [-0.2, 0) is 4.79 Å². The highest BCUT2D eigenvalue weighted by Gasteiger charge is 2.29. The Labute approximate surface area is 183 Å². The molecule has 1 fully saturated rings. The van der Waals surface area contributed by atoms with Gasteiger partial charge in [-0.3, -0.25) is 9.89 Å². The zero-order valence-corrected chi connectivity index (χ0v) is 19.2. The summed E-state index contributed by atoms with van der Waals surface area (Å²) in [4.78, 5) is 20.9. The van der Waals surface area contributed by atoms with E-state index in [2.05, 4.69) is 46.9 Å². The number of H-pyrrole nitrogens is 1. The average molecular weight is 424 g/mol. The van der Waals surface area contributed by atoms with Crippen molar-refractivity contribution in [2.24, 2.45) is 0 Å². The molecule has 0 aromatic carbocycles. The zero-order chi connectivity index (χ0) is 22.1. The molecule has 0 radical (unpaired) electrons. The third-order valence-corrected chi connectivity index (χ3v) is 6.27. The van der Waals surface area contributed by atoms with Gasteiger partial charge in [0.2, 0.25) is 5.91 Å². The molecule has 1 aliphatic heterocycles. The number of nitrogens with one attached hydrogen (secondary N) is 1. The molecule has 3 aromatic rings. The molecule has 31 heavy (non-hydrogen) atoms. The molecule has 0 bridgehead atoms. The van der Waals surface area contributed by atoms with E-state index in [0.29, 0.717) is 18.3 Å². The minimum absolute atomic E-state index is 0.260. The second-order valence-electron chi connectivity index (χ2n) is 9.20. The van der Waals surface area contributed by atoms with E-state index in [9.17, 15) is 4.79 Å². The Balaban J connectivity index is 1.55. The van der Waals surface area contributed by atoms with Gasteiger partial charge in [0.05, 0.1) is 11.4 Å². The van der Waals surface area contributed by atoms with Crippen LogP contribution in [0.3, 0.4) is 0 Å². The van der Waals surface area contributed by atoms with E-state index in [1.54, 1.807) is 6.33 Å². The first-order chi connectivity index (χ1) is 14.8. The first kappa shape index (κ1) is 21.5. The van der Waals surface area contributed by atoms with Crippen LogP contribution in [0, 0.1) is 6.92 Å². The molecule has 3 aromatic heterocycles. The van der Waals surface area contributed by atoms with Crippen molar-refractivity contribution >= 4 is 11.6 Å². The molecule has 8 heteroatoms. The molecule has 0 unspecified atom stereocenters. The Kier molecular flexibility index (Phi) is 6.09. The summed E-state index contributed by atoms with van der Waals surface area (Å²) in [6, 6.07) is 2.15. The summed E-state index contributed by atoms with van der Waals surface area (Å²) in [5.41, 5.74) is 6.54. The third kappa shape index (κ3) is 4.35. The minimum atomic E-state index is 0.260. The molecule has 0 aliphatic carbocycles. The summed E-state index contributed by atoms with van der Waals surface area (Å²) >= 11 is 0. The molecule has 0 saturated carbocycles. The molecule has 1 aliphatic rings. The molecule has 4 rings (SSSR count). The SMILES string of the molecule is Cc1cc(-c2[nH]nc(C3CCN(C(=O)CCN(C)C)CC3)c2C(C)C)cn2ncnc12. The van der Waals surface area contributed by atoms with Crippen molar-refractivity contribution < 1.29 is 4.79 Å². The summed E-state index contributed by atoms with van der Waals surface area (Å²) in [6.45, 7) is 8.91. The van der Waals surface area contributed by atoms with E-state index in [1.807, 2.05) is 29.7 Å². The molecule has 1 amide bonds. The van der Waals surface area contributed by atoms with Crippen LogP contribution in [0.2, 0.25) is 0 Å². The van der Waals surface area contributed by atoms with E-state index in [4.69, 9.17) is 5.10 Å². The number of nitrogens with zero attached hydrogens (tertiary/aromatic N) is 6. The van der Waals surface area contributed by atoms with Gasteiger partial charge in [0, 0.05) is 49.3 Å². The summed E-state index contributed by atoms with van der Waals surface area (Å²) in [5, 5.41) is 12.4. The Morgan fingerprint density at radius 1 is 1.29 bits per heavy atom. The fraction of sp³-hybridized carbons (Fsp3) is 0.565. The van der Waals surface area contributed by atoms with Gasteiger partial charge in [0.1, 0.15) is 6.33 Å². The van der Waals surface area contributed by atoms with Gasteiger partial charge in [0.15, 0.2) is 5.65 Å². The van der Waals surface area contributed by atoms with Crippen LogP contribution < -0.4 is 0 Å². The maximum atomic E-state index is 12.5. The summed E-state index contributed by atoms with van der Waals surface area (Å²) in [5.74, 6) is 0.974. The number of aryl methyl sites for hydroxylation is 1. The van der Waals surface area contributed by atoms with Crippen molar-refractivity contribution in [3.63, 3.8) is 0 Å². The number of amides is 1. The summed E-state index contributed by atoms with van der Waals surface area (Å²) < 4.78 is 1.83. The molecule has 8 nitrogen and oxygen atoms in total. The van der Waals surface area contributed by atoms with Crippen molar-refractivity contribution in [1.82, 2.24) is 34.6 Å². The van der Waals surface area contributed by atoms with Crippen LogP contribution in [-0.4, -0.2) is 74.2 Å². The summed E-state index contributed by atoms with van der Waals surface area (Å²) in [7, 11) is 4.01. The molecule has 166 valence electrons. The number of pyridine rings is 1. The van der Waals surface area contributed by atoms with Gasteiger partial charge in [-0.05, 0) is 51.4 Å². The lowest BCUT2D eigenvalue weighted by molar-refractivity contribution is -0.132. The van der Waals surface area contributed by atoms with Crippen molar-refractivity contribution in [3.05, 3.63) is 35.4 Å². The van der Waals surface area contributed by atoms with Crippen molar-refractivity contribution in [2.75, 3.05) is 33.7 Å². The lowest BCUT2D eigenvalue weighted by atomic mass is 9.86. The first-order valence-corrected chi connectivity index (χ1v) is 11.2. The average Bonchev–Trinajstić information content (AvgIpc) is 3.39. The van der Waals surface area contributed by atoms with Gasteiger partial charge in [-0.15, -0.1) is 0 Å². The van der Waals surface area contributed by atoms with Gasteiger partial charge in [-0.25, -0.2) is 9.50 Å². The number of hydrogen-bond donors (Lipinski definition) is 1. The Bertz CT molecular complexity index is 1060. The Hall–Kier alpha value is -2.74. The number of fused-ring (bicyclic) bond motifs is 1. The van der Waals surface area contributed by atoms with Crippen LogP contribution in [0.15, 0.2) is 18.6 Å². The standard InChI is InChI=1S/C23H33N7O/c1-15(2)20-21(17-6-10-29(11-7-17)19(31)8-9-28(4)5)26-27-22(20)18-12-16(3)23-24-14-25-30(23)13-18/h12-15,17H,6-11H2,1-5H3,(H,26,27). The number of carbonyl (C=O) groups is 1. The molecule has 0 spiro atoms. The van der Waals surface area contributed by atoms with Gasteiger partial charge in [-0.2, -0.15) is 10.2 Å². The number of hydrogen-bond acceptors (Lipinski definition) is 5. The second kappa shape index (κ2) is 8.78. The topological polar surface area (TPSA) is 82.4 Å². The maximum absolute atomic E-state index is 12.5. The number of piperidine rings is 1. The predicted molar refractivity (Wildman–Crippen MR) is 121 cm³/mol. The predicted octanol–water partition coefficient (Wildman–Crippen LogP) is 3.21. The molecule has 1 N–H and O–H groups in total. The number of rotatable bonds is 6. The zero-order valence-electron chi connectivity index (χ0n) is 19.2. The van der Waals surface area contributed by atoms with Gasteiger partial charge in [-0.1, -0.05) is 13.8 Å². The lowest BCUT2D eigenvalue weighted by Gasteiger charge is -2.32. The number of aromatic amines is 1. The number of aromatic nitrogens is 5. The highest BCUT2D eigenvalue weighted by atomic mass is 16.2. The van der Waals surface area contributed by atoms with Crippen LogP contribution >= 0.6 is 0 Å². The van der Waals surface area contributed by atoms with E-state index >= 15 is 0 Å². The molecular weight excluding hydrogens is 390 g/mol. The second-order valence-corrected chi connectivity index (χ2v) is 9.20. The van der Waals surface area contributed by atoms with E-state index in [-0.39, 0.29) is 5.91 Å². The van der Waals surface area contributed by atoms with E-state index < -0.39 is 0 Å². The molecule has 4 heterocycles. The smallest absolute Gasteiger partial charge is 0.223 e. The van der Waals surface area contributed by atoms with Crippen LogP contribution in [0.5, 0.6) is 0 Å². The normalized spacial score (nSPS) is 15.5. The minimum Gasteiger partial charge on any atom is -0.343 e. The van der Waals surface area contributed by atoms with Gasteiger partial charge >= 0.3 is 0 Å². The molecular formula is C23H33N7O. The third-order valence-electron chi connectivity index (χ3n) is 6.27. The largest absolute Gasteiger partial charge is 0.343 e. The fourth-order valence-electron chi connectivity index (χ4n) is 4.59. The molecule has 1 saturated heterocycles. The highest BCUT2D eigenvalue weighted by Crippen LogP contribution is 2.37. The molecule has 0 atom stereocenters. The first-order valence-electron chi connectivity index (χ1n) is 11.2. The van der Waals surface area contributed by atoms with Gasteiger partial charge in [0.25, 0.3) is 0 Å². The lowest BCUT2D eigenvalue weighted by Crippen LogP contribution is -2.39. The summed E-state index contributed by atoms with van der Waals surface area (Å²) in [6.07, 6.45) is 6.11. The Morgan fingerprint density at radius 2 is 2.03 bits per heavy atom. The monoisotopic (exact) mass is 423 g/mol.